The number of ether oxygens (including phenoxy) is 1. The highest BCUT2D eigenvalue weighted by Gasteiger charge is 2.25. The minimum absolute atomic E-state index is 0.0431. The summed E-state index contributed by atoms with van der Waals surface area (Å²) in [5, 5.41) is 11.0. The van der Waals surface area contributed by atoms with Crippen LogP contribution in [-0.2, 0) is 19.1 Å². The molecule has 0 fully saturated rings. The van der Waals surface area contributed by atoms with Crippen molar-refractivity contribution in [2.75, 3.05) is 20.7 Å². The van der Waals surface area contributed by atoms with Gasteiger partial charge in [-0.05, 0) is 0 Å². The first-order valence-corrected chi connectivity index (χ1v) is 5.79. The first-order valence-electron chi connectivity index (χ1n) is 5.79. The van der Waals surface area contributed by atoms with Crippen molar-refractivity contribution in [2.45, 2.75) is 19.4 Å². The van der Waals surface area contributed by atoms with Crippen LogP contribution >= 0.6 is 0 Å². The summed E-state index contributed by atoms with van der Waals surface area (Å²) in [6.45, 7) is 1.61. The second kappa shape index (κ2) is 7.97. The van der Waals surface area contributed by atoms with Crippen molar-refractivity contribution in [1.82, 2.24) is 10.2 Å². The van der Waals surface area contributed by atoms with E-state index >= 15 is 0 Å². The van der Waals surface area contributed by atoms with Gasteiger partial charge in [-0.1, -0.05) is 6.92 Å². The minimum atomic E-state index is -1.41. The summed E-state index contributed by atoms with van der Waals surface area (Å²) in [6.07, 6.45) is -0.512. The molecule has 0 aromatic heterocycles. The third-order valence-corrected chi connectivity index (χ3v) is 2.50. The monoisotopic (exact) mass is 289 g/mol. The molecule has 20 heavy (non-hydrogen) atoms. The SMILES string of the molecule is COC(=O)C(C)CN(C)C(=O)N[C@@H](CC(N)=O)C(=O)O. The zero-order valence-electron chi connectivity index (χ0n) is 11.6. The van der Waals surface area contributed by atoms with Gasteiger partial charge in [0.25, 0.3) is 0 Å². The van der Waals surface area contributed by atoms with Crippen LogP contribution in [0.3, 0.4) is 0 Å². The summed E-state index contributed by atoms with van der Waals surface area (Å²) >= 11 is 0. The maximum absolute atomic E-state index is 11.7. The van der Waals surface area contributed by atoms with E-state index in [-0.39, 0.29) is 6.54 Å². The lowest BCUT2D eigenvalue weighted by Crippen LogP contribution is -2.49. The summed E-state index contributed by atoms with van der Waals surface area (Å²) in [4.78, 5) is 45.6. The Labute approximate surface area is 116 Å². The van der Waals surface area contributed by atoms with E-state index in [1.165, 1.54) is 14.2 Å². The van der Waals surface area contributed by atoms with Crippen molar-refractivity contribution >= 4 is 23.9 Å². The maximum atomic E-state index is 11.7. The van der Waals surface area contributed by atoms with E-state index in [2.05, 4.69) is 10.1 Å². The van der Waals surface area contributed by atoms with Crippen LogP contribution in [0.4, 0.5) is 4.79 Å². The number of primary amides is 1. The van der Waals surface area contributed by atoms with Gasteiger partial charge in [-0.25, -0.2) is 9.59 Å². The Morgan fingerprint density at radius 3 is 2.30 bits per heavy atom. The summed E-state index contributed by atoms with van der Waals surface area (Å²) < 4.78 is 4.51. The zero-order valence-corrected chi connectivity index (χ0v) is 11.6. The molecule has 0 aliphatic heterocycles. The summed E-state index contributed by atoms with van der Waals surface area (Å²) in [5.74, 6) is -3.26. The van der Waals surface area contributed by atoms with Crippen molar-refractivity contribution in [3.05, 3.63) is 0 Å². The van der Waals surface area contributed by atoms with E-state index in [0.717, 1.165) is 4.90 Å². The topological polar surface area (TPSA) is 139 Å². The lowest BCUT2D eigenvalue weighted by Gasteiger charge is -2.22. The van der Waals surface area contributed by atoms with Crippen molar-refractivity contribution in [2.24, 2.45) is 11.7 Å². The number of carboxylic acid groups (broad SMARTS) is 1. The molecular formula is C11H19N3O6. The van der Waals surface area contributed by atoms with Crippen molar-refractivity contribution in [3.63, 3.8) is 0 Å². The van der Waals surface area contributed by atoms with Gasteiger partial charge in [-0.3, -0.25) is 9.59 Å². The maximum Gasteiger partial charge on any atom is 0.326 e. The van der Waals surface area contributed by atoms with Crippen molar-refractivity contribution in [1.29, 1.82) is 0 Å². The summed E-state index contributed by atoms with van der Waals surface area (Å²) in [7, 11) is 2.62. The van der Waals surface area contributed by atoms with Crippen LogP contribution < -0.4 is 11.1 Å². The fourth-order valence-electron chi connectivity index (χ4n) is 1.43. The molecule has 0 saturated carbocycles. The predicted octanol–water partition coefficient (Wildman–Crippen LogP) is -1.23. The van der Waals surface area contributed by atoms with E-state index in [9.17, 15) is 19.2 Å². The van der Waals surface area contributed by atoms with E-state index < -0.39 is 42.3 Å². The van der Waals surface area contributed by atoms with Gasteiger partial charge >= 0.3 is 18.0 Å². The molecule has 0 aromatic carbocycles. The zero-order chi connectivity index (χ0) is 15.9. The molecule has 3 amide bonds. The van der Waals surface area contributed by atoms with Crippen LogP contribution in [0.5, 0.6) is 0 Å². The second-order valence-electron chi connectivity index (χ2n) is 4.32. The van der Waals surface area contributed by atoms with E-state index in [1.807, 2.05) is 0 Å². The average Bonchev–Trinajstić information content (AvgIpc) is 2.35. The second-order valence-corrected chi connectivity index (χ2v) is 4.32. The third kappa shape index (κ3) is 6.03. The molecule has 4 N–H and O–H groups in total. The third-order valence-electron chi connectivity index (χ3n) is 2.50. The number of esters is 1. The number of urea groups is 1. The molecule has 0 bridgehead atoms. The number of aliphatic carboxylic acids is 1. The van der Waals surface area contributed by atoms with Gasteiger partial charge in [0, 0.05) is 13.6 Å². The number of rotatable bonds is 7. The lowest BCUT2D eigenvalue weighted by atomic mass is 10.2. The number of hydrogen-bond donors (Lipinski definition) is 3. The molecule has 0 heterocycles. The lowest BCUT2D eigenvalue weighted by molar-refractivity contribution is -0.145. The fourth-order valence-corrected chi connectivity index (χ4v) is 1.43. The summed E-state index contributed by atoms with van der Waals surface area (Å²) in [6, 6.07) is -2.13. The van der Waals surface area contributed by atoms with Crippen LogP contribution in [0.1, 0.15) is 13.3 Å². The number of nitrogens with zero attached hydrogens (tertiary/aromatic N) is 1. The molecule has 2 atom stereocenters. The van der Waals surface area contributed by atoms with Crippen LogP contribution in [0.2, 0.25) is 0 Å². The summed E-state index contributed by atoms with van der Waals surface area (Å²) in [5.41, 5.74) is 4.89. The largest absolute Gasteiger partial charge is 0.480 e. The number of hydrogen-bond acceptors (Lipinski definition) is 5. The molecular weight excluding hydrogens is 270 g/mol. The molecule has 0 saturated heterocycles. The van der Waals surface area contributed by atoms with E-state index in [1.54, 1.807) is 6.92 Å². The fraction of sp³-hybridized carbons (Fsp3) is 0.636. The van der Waals surface area contributed by atoms with Crippen LogP contribution in [0.15, 0.2) is 0 Å². The highest BCUT2D eigenvalue weighted by molar-refractivity contribution is 5.87. The first-order chi connectivity index (χ1) is 9.18. The Morgan fingerprint density at radius 2 is 1.90 bits per heavy atom. The molecule has 1 unspecified atom stereocenters. The van der Waals surface area contributed by atoms with Gasteiger partial charge in [0.1, 0.15) is 6.04 Å². The number of carboxylic acids is 1. The normalized spacial score (nSPS) is 12.9. The highest BCUT2D eigenvalue weighted by Crippen LogP contribution is 2.02. The minimum Gasteiger partial charge on any atom is -0.480 e. The Balaban J connectivity index is 4.53. The van der Waals surface area contributed by atoms with Gasteiger partial charge in [0.2, 0.25) is 5.91 Å². The molecule has 9 heteroatoms. The Hall–Kier alpha value is -2.32. The Kier molecular flexibility index (Phi) is 7.05. The molecule has 0 spiro atoms. The van der Waals surface area contributed by atoms with Gasteiger partial charge in [-0.2, -0.15) is 0 Å². The number of nitrogens with two attached hydrogens (primary N) is 1. The number of carbonyl (C=O) groups excluding carboxylic acids is 3. The Morgan fingerprint density at radius 1 is 1.35 bits per heavy atom. The van der Waals surface area contributed by atoms with Crippen LogP contribution in [0.25, 0.3) is 0 Å². The Bertz CT molecular complexity index is 398. The molecule has 0 rings (SSSR count). The standard InChI is InChI=1S/C11H19N3O6/c1-6(10(18)20-3)5-14(2)11(19)13-7(9(16)17)4-8(12)15/h6-7H,4-5H2,1-3H3,(H2,12,15)(H,13,19)(H,16,17)/t6?,7-/m0/s1. The van der Waals surface area contributed by atoms with Crippen molar-refractivity contribution in [3.8, 4) is 0 Å². The van der Waals surface area contributed by atoms with Crippen molar-refractivity contribution < 1.29 is 29.0 Å². The van der Waals surface area contributed by atoms with Gasteiger partial charge in [-0.15, -0.1) is 0 Å². The van der Waals surface area contributed by atoms with E-state index in [4.69, 9.17) is 10.8 Å². The van der Waals surface area contributed by atoms with E-state index in [0.29, 0.717) is 0 Å². The van der Waals surface area contributed by atoms with Crippen LogP contribution in [0, 0.1) is 5.92 Å². The molecule has 0 radical (unpaired) electrons. The van der Waals surface area contributed by atoms with Gasteiger partial charge < -0.3 is 25.8 Å². The molecule has 0 aliphatic rings. The number of amides is 3. The number of methoxy groups -OCH3 is 1. The number of nitrogens with one attached hydrogen (secondary N) is 1. The van der Waals surface area contributed by atoms with Gasteiger partial charge in [0.05, 0.1) is 19.4 Å². The molecule has 0 aromatic rings. The smallest absolute Gasteiger partial charge is 0.326 e. The number of carbonyl (C=O) groups is 4. The predicted molar refractivity (Wildman–Crippen MR) is 67.6 cm³/mol. The molecule has 114 valence electrons. The first kappa shape index (κ1) is 17.7. The molecule has 9 nitrogen and oxygen atoms in total. The average molecular weight is 289 g/mol. The highest BCUT2D eigenvalue weighted by atomic mass is 16.5. The quantitative estimate of drug-likeness (QED) is 0.501. The van der Waals surface area contributed by atoms with Gasteiger partial charge in [0.15, 0.2) is 0 Å². The van der Waals surface area contributed by atoms with Crippen LogP contribution in [-0.4, -0.2) is 60.6 Å². The molecule has 0 aliphatic carbocycles.